The van der Waals surface area contributed by atoms with Crippen molar-refractivity contribution in [3.8, 4) is 5.69 Å². The number of nitrogens with zero attached hydrogens (tertiary/aromatic N) is 4. The van der Waals surface area contributed by atoms with Crippen molar-refractivity contribution in [2.24, 2.45) is 5.73 Å². The summed E-state index contributed by atoms with van der Waals surface area (Å²) in [5, 5.41) is 13.3. The Morgan fingerprint density at radius 2 is 2.08 bits per heavy atom. The number of hydrogen-bond donors (Lipinski definition) is 2. The lowest BCUT2D eigenvalue weighted by Crippen LogP contribution is -2.55. The zero-order chi connectivity index (χ0) is 19.5. The maximum Gasteiger partial charge on any atom is 0.491 e. The maximum atomic E-state index is 12.3. The molecule has 1 amide bonds. The van der Waals surface area contributed by atoms with E-state index in [1.54, 1.807) is 12.1 Å². The lowest BCUT2D eigenvalue weighted by molar-refractivity contribution is -0.212. The fourth-order valence-electron chi connectivity index (χ4n) is 1.84. The van der Waals surface area contributed by atoms with Gasteiger partial charge < -0.3 is 10.1 Å². The number of carbonyl (C=O) groups excluding carboxylic acids is 2. The number of halogens is 4. The highest BCUT2D eigenvalue weighted by molar-refractivity contribution is 6.30. The number of tetrazole rings is 1. The molecule has 0 unspecified atom stereocenters. The first-order valence-electron chi connectivity index (χ1n) is 6.90. The van der Waals surface area contributed by atoms with Gasteiger partial charge in [-0.2, -0.15) is 13.2 Å². The van der Waals surface area contributed by atoms with E-state index in [1.807, 2.05) is 0 Å². The van der Waals surface area contributed by atoms with E-state index in [2.05, 4.69) is 25.6 Å². The summed E-state index contributed by atoms with van der Waals surface area (Å²) in [6.45, 7) is 0.636. The van der Waals surface area contributed by atoms with Gasteiger partial charge in [0.05, 0.1) is 5.69 Å². The molecule has 3 N–H and O–H groups in total. The van der Waals surface area contributed by atoms with E-state index < -0.39 is 23.8 Å². The van der Waals surface area contributed by atoms with Crippen LogP contribution in [0.2, 0.25) is 5.02 Å². The van der Waals surface area contributed by atoms with Crippen molar-refractivity contribution >= 4 is 23.5 Å². The molecule has 13 heteroatoms. The second-order valence-corrected chi connectivity index (χ2v) is 5.64. The number of alkyl halides is 3. The first-order chi connectivity index (χ1) is 12.0. The highest BCUT2D eigenvalue weighted by atomic mass is 35.5. The maximum absolute atomic E-state index is 12.3. The van der Waals surface area contributed by atoms with Crippen LogP contribution in [-0.4, -0.2) is 44.0 Å². The third-order valence-electron chi connectivity index (χ3n) is 3.06. The number of rotatable bonds is 5. The molecule has 0 saturated carbocycles. The van der Waals surface area contributed by atoms with Gasteiger partial charge in [0.2, 0.25) is 5.72 Å². The number of esters is 1. The van der Waals surface area contributed by atoms with Crippen molar-refractivity contribution in [2.45, 2.75) is 25.4 Å². The predicted molar refractivity (Wildman–Crippen MR) is 80.8 cm³/mol. The van der Waals surface area contributed by atoms with Gasteiger partial charge in [0, 0.05) is 11.6 Å². The number of nitrogens with one attached hydrogen (secondary N) is 1. The van der Waals surface area contributed by atoms with Gasteiger partial charge >= 0.3 is 12.1 Å². The Morgan fingerprint density at radius 1 is 1.38 bits per heavy atom. The number of carbonyl (C=O) groups is 2. The van der Waals surface area contributed by atoms with Crippen LogP contribution in [0.5, 0.6) is 0 Å². The van der Waals surface area contributed by atoms with Crippen molar-refractivity contribution in [1.82, 2.24) is 25.5 Å². The molecule has 2 aromatic rings. The van der Waals surface area contributed by atoms with Crippen LogP contribution in [0, 0.1) is 0 Å². The molecule has 0 spiro atoms. The quantitative estimate of drug-likeness (QED) is 0.567. The molecule has 9 nitrogen and oxygen atoms in total. The molecule has 0 fully saturated rings. The zero-order valence-electron chi connectivity index (χ0n) is 13.1. The fourth-order valence-corrected chi connectivity index (χ4v) is 2.03. The summed E-state index contributed by atoms with van der Waals surface area (Å²) in [6, 6.07) is 4.63. The number of hydrogen-bond acceptors (Lipinski definition) is 7. The van der Waals surface area contributed by atoms with Crippen molar-refractivity contribution in [3.63, 3.8) is 0 Å². The normalized spacial score (nSPS) is 13.8. The van der Waals surface area contributed by atoms with E-state index in [-0.39, 0.29) is 6.54 Å². The summed E-state index contributed by atoms with van der Waals surface area (Å²) in [4.78, 5) is 22.9. The molecule has 1 aromatic heterocycles. The van der Waals surface area contributed by atoms with Crippen LogP contribution < -0.4 is 11.1 Å². The highest BCUT2D eigenvalue weighted by Crippen LogP contribution is 2.21. The fraction of sp³-hybridized carbons (Fsp3) is 0.308. The van der Waals surface area contributed by atoms with E-state index in [0.717, 1.165) is 6.92 Å². The van der Waals surface area contributed by atoms with E-state index in [4.69, 9.17) is 17.3 Å². The Hall–Kier alpha value is -2.73. The Kier molecular flexibility index (Phi) is 5.47. The van der Waals surface area contributed by atoms with Crippen molar-refractivity contribution in [2.75, 3.05) is 0 Å². The van der Waals surface area contributed by atoms with Gasteiger partial charge in [-0.25, -0.2) is 9.48 Å². The van der Waals surface area contributed by atoms with Crippen LogP contribution in [0.3, 0.4) is 0 Å². The van der Waals surface area contributed by atoms with Crippen LogP contribution in [-0.2, 0) is 20.9 Å². The average molecular weight is 393 g/mol. The minimum absolute atomic E-state index is 0.190. The summed E-state index contributed by atoms with van der Waals surface area (Å²) < 4.78 is 42.1. The zero-order valence-corrected chi connectivity index (χ0v) is 13.9. The molecule has 0 saturated heterocycles. The number of amides is 1. The van der Waals surface area contributed by atoms with Gasteiger partial charge in [-0.05, 0) is 41.1 Å². The molecule has 26 heavy (non-hydrogen) atoms. The van der Waals surface area contributed by atoms with Gasteiger partial charge in [-0.3, -0.25) is 10.5 Å². The van der Waals surface area contributed by atoms with Crippen molar-refractivity contribution in [1.29, 1.82) is 0 Å². The van der Waals surface area contributed by atoms with Crippen LogP contribution in [0.25, 0.3) is 5.69 Å². The Balaban J connectivity index is 2.12. The summed E-state index contributed by atoms with van der Waals surface area (Å²) in [5.41, 5.74) is 3.74. The van der Waals surface area contributed by atoms with Crippen molar-refractivity contribution < 1.29 is 27.5 Å². The predicted octanol–water partition coefficient (Wildman–Crippen LogP) is 0.712. The molecular formula is C13H12ClF3N6O3. The third-order valence-corrected chi connectivity index (χ3v) is 3.30. The lowest BCUT2D eigenvalue weighted by Gasteiger charge is -2.24. The summed E-state index contributed by atoms with van der Waals surface area (Å²) in [7, 11) is 0. The summed E-state index contributed by atoms with van der Waals surface area (Å²) >= 11 is 5.91. The molecule has 0 aliphatic heterocycles. The molecule has 0 aliphatic carbocycles. The Labute approximate surface area is 149 Å². The van der Waals surface area contributed by atoms with Gasteiger partial charge in [0.25, 0.3) is 5.91 Å². The topological polar surface area (TPSA) is 125 Å². The minimum Gasteiger partial charge on any atom is -0.428 e. The Bertz CT molecular complexity index is 810. The third kappa shape index (κ3) is 4.67. The number of ether oxygens (including phenoxy) is 1. The number of nitrogens with two attached hydrogens (primary N) is 1. The summed E-state index contributed by atoms with van der Waals surface area (Å²) in [6.07, 6.45) is -3.98. The van der Waals surface area contributed by atoms with Gasteiger partial charge in [-0.1, -0.05) is 11.6 Å². The van der Waals surface area contributed by atoms with Crippen molar-refractivity contribution in [3.05, 3.63) is 35.1 Å². The molecule has 0 aliphatic rings. The van der Waals surface area contributed by atoms with Gasteiger partial charge in [0.15, 0.2) is 0 Å². The van der Waals surface area contributed by atoms with Gasteiger partial charge in [0.1, 0.15) is 6.33 Å². The lowest BCUT2D eigenvalue weighted by atomic mass is 10.1. The van der Waals surface area contributed by atoms with Crippen LogP contribution >= 0.6 is 11.6 Å². The SMILES string of the molecule is C[C@](N)(OC(=O)C(F)(F)F)C(=O)NCc1cc(Cl)ccc1-n1cnnn1. The molecule has 2 rings (SSSR count). The first kappa shape index (κ1) is 19.6. The Morgan fingerprint density at radius 3 is 2.65 bits per heavy atom. The molecule has 1 atom stereocenters. The molecule has 1 aromatic carbocycles. The van der Waals surface area contributed by atoms with E-state index in [0.29, 0.717) is 16.3 Å². The van der Waals surface area contributed by atoms with Crippen LogP contribution in [0.15, 0.2) is 24.5 Å². The minimum atomic E-state index is -5.28. The molecular weight excluding hydrogens is 381 g/mol. The average Bonchev–Trinajstić information content (AvgIpc) is 3.05. The molecule has 1 heterocycles. The molecule has 140 valence electrons. The monoisotopic (exact) mass is 392 g/mol. The largest absolute Gasteiger partial charge is 0.491 e. The smallest absolute Gasteiger partial charge is 0.428 e. The second kappa shape index (κ2) is 7.25. The number of benzene rings is 1. The van der Waals surface area contributed by atoms with E-state index in [1.165, 1.54) is 17.1 Å². The molecule has 0 radical (unpaired) electrons. The highest BCUT2D eigenvalue weighted by Gasteiger charge is 2.46. The van der Waals surface area contributed by atoms with E-state index in [9.17, 15) is 22.8 Å². The number of aromatic nitrogens is 4. The second-order valence-electron chi connectivity index (χ2n) is 5.20. The van der Waals surface area contributed by atoms with Crippen LogP contribution in [0.4, 0.5) is 13.2 Å². The van der Waals surface area contributed by atoms with Gasteiger partial charge in [-0.15, -0.1) is 5.10 Å². The standard InChI is InChI=1S/C13H12ClF3N6O3/c1-12(18,26-11(25)13(15,16)17)10(24)19-5-7-4-8(14)2-3-9(7)23-6-20-21-22-23/h2-4,6H,5,18H2,1H3,(H,19,24)/t12-/m0/s1. The molecule has 0 bridgehead atoms. The van der Waals surface area contributed by atoms with E-state index >= 15 is 0 Å². The first-order valence-corrected chi connectivity index (χ1v) is 7.27. The summed E-state index contributed by atoms with van der Waals surface area (Å²) in [5.74, 6) is -3.72. The van der Waals surface area contributed by atoms with Crippen LogP contribution in [0.1, 0.15) is 12.5 Å².